The van der Waals surface area contributed by atoms with Crippen molar-refractivity contribution in [3.8, 4) is 0 Å². The number of hydrogen-bond acceptors (Lipinski definition) is 3. The maximum Gasteiger partial charge on any atom is 0.410 e. The lowest BCUT2D eigenvalue weighted by Gasteiger charge is -2.34. The Hall–Kier alpha value is -1.26. The van der Waals surface area contributed by atoms with Gasteiger partial charge in [0.05, 0.1) is 0 Å². The summed E-state index contributed by atoms with van der Waals surface area (Å²) >= 11 is 0. The van der Waals surface area contributed by atoms with Crippen LogP contribution in [0.5, 0.6) is 0 Å². The van der Waals surface area contributed by atoms with Gasteiger partial charge in [-0.15, -0.1) is 0 Å². The van der Waals surface area contributed by atoms with E-state index in [9.17, 15) is 9.59 Å². The van der Waals surface area contributed by atoms with E-state index < -0.39 is 5.60 Å². The van der Waals surface area contributed by atoms with E-state index in [0.717, 1.165) is 45.4 Å². The molecule has 0 saturated carbocycles. The van der Waals surface area contributed by atoms with Gasteiger partial charge in [0, 0.05) is 32.6 Å². The van der Waals surface area contributed by atoms with Crippen LogP contribution in [0.15, 0.2) is 0 Å². The fourth-order valence-electron chi connectivity index (χ4n) is 2.83. The van der Waals surface area contributed by atoms with E-state index in [1.54, 1.807) is 4.90 Å². The van der Waals surface area contributed by atoms with Crippen LogP contribution < -0.4 is 0 Å². The van der Waals surface area contributed by atoms with Crippen LogP contribution in [0.4, 0.5) is 4.79 Å². The van der Waals surface area contributed by atoms with E-state index in [1.165, 1.54) is 0 Å². The fraction of sp³-hybridized carbons (Fsp3) is 0.867. The minimum absolute atomic E-state index is 0.215. The van der Waals surface area contributed by atoms with Crippen molar-refractivity contribution in [3.63, 3.8) is 0 Å². The standard InChI is InChI=1S/C15H26N2O3/c1-15(2,3)20-14(19)16-9-6-12(7-10-16)11-17-8-4-5-13(17)18/h12H,4-11H2,1-3H3. The number of rotatable bonds is 2. The molecule has 0 aromatic rings. The lowest BCUT2D eigenvalue weighted by molar-refractivity contribution is -0.128. The Bertz CT molecular complexity index is 368. The van der Waals surface area contributed by atoms with Crippen molar-refractivity contribution in [2.24, 2.45) is 5.92 Å². The summed E-state index contributed by atoms with van der Waals surface area (Å²) in [4.78, 5) is 27.3. The molecule has 2 fully saturated rings. The zero-order chi connectivity index (χ0) is 14.8. The number of carbonyl (C=O) groups excluding carboxylic acids is 2. The lowest BCUT2D eigenvalue weighted by Crippen LogP contribution is -2.43. The number of ether oxygens (including phenoxy) is 1. The molecule has 0 aromatic heterocycles. The fourth-order valence-corrected chi connectivity index (χ4v) is 2.83. The third-order valence-electron chi connectivity index (χ3n) is 3.92. The van der Waals surface area contributed by atoms with Crippen molar-refractivity contribution in [1.29, 1.82) is 0 Å². The first-order valence-corrected chi connectivity index (χ1v) is 7.61. The number of hydrogen-bond donors (Lipinski definition) is 0. The van der Waals surface area contributed by atoms with Gasteiger partial charge in [-0.2, -0.15) is 0 Å². The maximum absolute atomic E-state index is 12.0. The molecule has 0 atom stereocenters. The van der Waals surface area contributed by atoms with Gasteiger partial charge in [0.15, 0.2) is 0 Å². The van der Waals surface area contributed by atoms with Gasteiger partial charge in [0.25, 0.3) is 0 Å². The van der Waals surface area contributed by atoms with Gasteiger partial charge >= 0.3 is 6.09 Å². The summed E-state index contributed by atoms with van der Waals surface area (Å²) in [7, 11) is 0. The highest BCUT2D eigenvalue weighted by Gasteiger charge is 2.29. The molecule has 0 radical (unpaired) electrons. The van der Waals surface area contributed by atoms with E-state index in [1.807, 2.05) is 25.7 Å². The largest absolute Gasteiger partial charge is 0.444 e. The summed E-state index contributed by atoms with van der Waals surface area (Å²) in [6.45, 7) is 8.90. The molecule has 0 N–H and O–H groups in total. The topological polar surface area (TPSA) is 49.9 Å². The molecule has 2 heterocycles. The molecule has 2 aliphatic heterocycles. The Labute approximate surface area is 121 Å². The summed E-state index contributed by atoms with van der Waals surface area (Å²) in [6.07, 6.45) is 3.41. The molecule has 20 heavy (non-hydrogen) atoms. The summed E-state index contributed by atoms with van der Waals surface area (Å²) in [6, 6.07) is 0. The Balaban J connectivity index is 1.75. The summed E-state index contributed by atoms with van der Waals surface area (Å²) in [5, 5.41) is 0. The second-order valence-electron chi connectivity index (χ2n) is 6.85. The Morgan fingerprint density at radius 2 is 1.90 bits per heavy atom. The Kier molecular flexibility index (Phi) is 4.55. The molecule has 0 spiro atoms. The van der Waals surface area contributed by atoms with Crippen LogP contribution in [0.25, 0.3) is 0 Å². The summed E-state index contributed by atoms with van der Waals surface area (Å²) < 4.78 is 5.39. The Morgan fingerprint density at radius 3 is 2.40 bits per heavy atom. The zero-order valence-electron chi connectivity index (χ0n) is 12.9. The molecule has 2 rings (SSSR count). The number of amides is 2. The molecule has 2 saturated heterocycles. The molecular formula is C15H26N2O3. The van der Waals surface area contributed by atoms with Crippen LogP contribution in [-0.2, 0) is 9.53 Å². The van der Waals surface area contributed by atoms with Crippen molar-refractivity contribution < 1.29 is 14.3 Å². The molecule has 5 nitrogen and oxygen atoms in total. The van der Waals surface area contributed by atoms with Gasteiger partial charge in [-0.05, 0) is 46.0 Å². The average molecular weight is 282 g/mol. The third kappa shape index (κ3) is 4.12. The normalized spacial score (nSPS) is 21.4. The summed E-state index contributed by atoms with van der Waals surface area (Å²) in [5.74, 6) is 0.815. The third-order valence-corrected chi connectivity index (χ3v) is 3.92. The minimum atomic E-state index is -0.435. The van der Waals surface area contributed by atoms with Crippen LogP contribution in [0, 0.1) is 5.92 Å². The number of carbonyl (C=O) groups is 2. The monoisotopic (exact) mass is 282 g/mol. The lowest BCUT2D eigenvalue weighted by atomic mass is 9.96. The molecule has 0 aromatic carbocycles. The van der Waals surface area contributed by atoms with Crippen molar-refractivity contribution in [1.82, 2.24) is 9.80 Å². The van der Waals surface area contributed by atoms with Gasteiger partial charge < -0.3 is 14.5 Å². The van der Waals surface area contributed by atoms with Crippen LogP contribution in [0.3, 0.4) is 0 Å². The molecular weight excluding hydrogens is 256 g/mol. The van der Waals surface area contributed by atoms with Gasteiger partial charge in [-0.1, -0.05) is 0 Å². The van der Waals surface area contributed by atoms with Gasteiger partial charge in [-0.3, -0.25) is 4.79 Å². The zero-order valence-corrected chi connectivity index (χ0v) is 12.9. The van der Waals surface area contributed by atoms with Crippen LogP contribution in [0.1, 0.15) is 46.5 Å². The van der Waals surface area contributed by atoms with Crippen molar-refractivity contribution in [3.05, 3.63) is 0 Å². The minimum Gasteiger partial charge on any atom is -0.444 e. The molecule has 2 amide bonds. The molecule has 0 aliphatic carbocycles. The van der Waals surface area contributed by atoms with Crippen LogP contribution in [-0.4, -0.2) is 53.6 Å². The van der Waals surface area contributed by atoms with Crippen molar-refractivity contribution in [2.75, 3.05) is 26.2 Å². The van der Waals surface area contributed by atoms with E-state index in [4.69, 9.17) is 4.74 Å². The molecule has 0 unspecified atom stereocenters. The van der Waals surface area contributed by atoms with Gasteiger partial charge in [0.1, 0.15) is 5.60 Å². The van der Waals surface area contributed by atoms with E-state index >= 15 is 0 Å². The number of likely N-dealkylation sites (tertiary alicyclic amines) is 2. The van der Waals surface area contributed by atoms with E-state index in [0.29, 0.717) is 18.2 Å². The average Bonchev–Trinajstić information content (AvgIpc) is 2.74. The first kappa shape index (κ1) is 15.1. The molecule has 0 bridgehead atoms. The predicted molar refractivity (Wildman–Crippen MR) is 76.3 cm³/mol. The molecule has 2 aliphatic rings. The Morgan fingerprint density at radius 1 is 1.25 bits per heavy atom. The van der Waals surface area contributed by atoms with Crippen LogP contribution >= 0.6 is 0 Å². The van der Waals surface area contributed by atoms with Gasteiger partial charge in [0.2, 0.25) is 5.91 Å². The molecule has 114 valence electrons. The SMILES string of the molecule is CC(C)(C)OC(=O)N1CCC(CN2CCCC2=O)CC1. The quantitative estimate of drug-likeness (QED) is 0.780. The number of nitrogens with zero attached hydrogens (tertiary/aromatic N) is 2. The van der Waals surface area contributed by atoms with E-state index in [-0.39, 0.29) is 6.09 Å². The highest BCUT2D eigenvalue weighted by Crippen LogP contribution is 2.22. The number of piperidine rings is 1. The second-order valence-corrected chi connectivity index (χ2v) is 6.85. The first-order valence-electron chi connectivity index (χ1n) is 7.61. The van der Waals surface area contributed by atoms with Crippen LogP contribution in [0.2, 0.25) is 0 Å². The second kappa shape index (κ2) is 6.02. The smallest absolute Gasteiger partial charge is 0.410 e. The highest BCUT2D eigenvalue weighted by atomic mass is 16.6. The van der Waals surface area contributed by atoms with Crippen molar-refractivity contribution >= 4 is 12.0 Å². The summed E-state index contributed by atoms with van der Waals surface area (Å²) in [5.41, 5.74) is -0.435. The predicted octanol–water partition coefficient (Wildman–Crippen LogP) is 2.26. The van der Waals surface area contributed by atoms with Gasteiger partial charge in [-0.25, -0.2) is 4.79 Å². The first-order chi connectivity index (χ1) is 9.35. The van der Waals surface area contributed by atoms with E-state index in [2.05, 4.69) is 0 Å². The maximum atomic E-state index is 12.0. The molecule has 5 heteroatoms. The highest BCUT2D eigenvalue weighted by molar-refractivity contribution is 5.78. The van der Waals surface area contributed by atoms with Crippen molar-refractivity contribution in [2.45, 2.75) is 52.1 Å².